The number of aromatic amines is 1. The van der Waals surface area contributed by atoms with E-state index in [0.717, 1.165) is 0 Å². The van der Waals surface area contributed by atoms with E-state index in [1.165, 1.54) is 30.5 Å². The molecule has 0 saturated heterocycles. The highest BCUT2D eigenvalue weighted by Crippen LogP contribution is 2.26. The van der Waals surface area contributed by atoms with Crippen molar-refractivity contribution in [3.05, 3.63) is 33.0 Å². The lowest BCUT2D eigenvalue weighted by Crippen LogP contribution is -2.29. The third kappa shape index (κ3) is 3.24. The van der Waals surface area contributed by atoms with E-state index in [2.05, 4.69) is 9.97 Å². The zero-order valence-electron chi connectivity index (χ0n) is 13.3. The van der Waals surface area contributed by atoms with Crippen LogP contribution in [-0.2, 0) is 23.1 Å². The number of allylic oxidation sites excluding steroid dienone is 2. The Balaban J connectivity index is 2.65. The molecule has 2 aromatic heterocycles. The van der Waals surface area contributed by atoms with Crippen LogP contribution in [0.15, 0.2) is 26.9 Å². The highest BCUT2D eigenvalue weighted by Gasteiger charge is 2.22. The molecule has 1 atom stereocenters. The highest BCUT2D eigenvalue weighted by atomic mass is 32.2. The number of nitrogens with one attached hydrogen (secondary N) is 1. The molecule has 2 heterocycles. The summed E-state index contributed by atoms with van der Waals surface area (Å²) in [6.45, 7) is 3.96. The van der Waals surface area contributed by atoms with Crippen molar-refractivity contribution in [3.63, 3.8) is 0 Å². The van der Waals surface area contributed by atoms with Crippen molar-refractivity contribution in [2.45, 2.75) is 30.8 Å². The zero-order valence-corrected chi connectivity index (χ0v) is 14.1. The van der Waals surface area contributed by atoms with Crippen LogP contribution in [0, 0.1) is 0 Å². The zero-order chi connectivity index (χ0) is 17.1. The number of thioether (sulfide) groups is 1. The summed E-state index contributed by atoms with van der Waals surface area (Å²) in [5.74, 6) is -0.387. The number of rotatable bonds is 5. The number of ether oxygens (including phenoxy) is 1. The van der Waals surface area contributed by atoms with Gasteiger partial charge in [-0.15, -0.1) is 0 Å². The van der Waals surface area contributed by atoms with E-state index >= 15 is 0 Å². The standard InChI is InChI=1S/C14H18N4O4S/c1-5-6-7-18-9-10(17(3)13(21)16-11(9)19)15-14(18)23-8(2)12(20)22-4/h5-6,8H,7H2,1-4H3,(H,16,19,21)/b6-5+. The van der Waals surface area contributed by atoms with Gasteiger partial charge in [-0.3, -0.25) is 19.1 Å². The summed E-state index contributed by atoms with van der Waals surface area (Å²) in [5.41, 5.74) is -0.457. The summed E-state index contributed by atoms with van der Waals surface area (Å²) in [4.78, 5) is 42.2. The number of carbonyl (C=O) groups excluding carboxylic acids is 1. The molecule has 0 spiro atoms. The summed E-state index contributed by atoms with van der Waals surface area (Å²) in [5, 5.41) is -0.0139. The van der Waals surface area contributed by atoms with Crippen LogP contribution in [0.3, 0.4) is 0 Å². The van der Waals surface area contributed by atoms with Gasteiger partial charge in [-0.1, -0.05) is 23.9 Å². The molecule has 0 aliphatic heterocycles. The molecule has 8 nitrogen and oxygen atoms in total. The van der Waals surface area contributed by atoms with Gasteiger partial charge in [0.05, 0.1) is 7.11 Å². The summed E-state index contributed by atoms with van der Waals surface area (Å²) < 4.78 is 7.66. The van der Waals surface area contributed by atoms with Crippen LogP contribution < -0.4 is 11.2 Å². The fraction of sp³-hybridized carbons (Fsp3) is 0.429. The number of hydrogen-bond acceptors (Lipinski definition) is 6. The maximum absolute atomic E-state index is 12.2. The van der Waals surface area contributed by atoms with E-state index in [0.29, 0.717) is 17.2 Å². The molecule has 0 saturated carbocycles. The first-order valence-electron chi connectivity index (χ1n) is 6.95. The van der Waals surface area contributed by atoms with Gasteiger partial charge in [0.1, 0.15) is 5.25 Å². The molecule has 0 radical (unpaired) electrons. The van der Waals surface area contributed by atoms with Gasteiger partial charge in [0, 0.05) is 13.6 Å². The second kappa shape index (κ2) is 6.86. The van der Waals surface area contributed by atoms with Crippen LogP contribution >= 0.6 is 11.8 Å². The Morgan fingerprint density at radius 1 is 1.48 bits per heavy atom. The van der Waals surface area contributed by atoms with Crippen LogP contribution in [0.2, 0.25) is 0 Å². The Kier molecular flexibility index (Phi) is 5.09. The number of nitrogens with zero attached hydrogens (tertiary/aromatic N) is 3. The van der Waals surface area contributed by atoms with Crippen molar-refractivity contribution in [3.8, 4) is 0 Å². The van der Waals surface area contributed by atoms with Crippen molar-refractivity contribution in [1.82, 2.24) is 19.1 Å². The molecule has 1 unspecified atom stereocenters. The Labute approximate surface area is 136 Å². The predicted octanol–water partition coefficient (Wildman–Crippen LogP) is 0.653. The molecule has 0 amide bonds. The third-order valence-corrected chi connectivity index (χ3v) is 4.38. The average molecular weight is 338 g/mol. The summed E-state index contributed by atoms with van der Waals surface area (Å²) in [6.07, 6.45) is 3.71. The van der Waals surface area contributed by atoms with Gasteiger partial charge in [-0.2, -0.15) is 0 Å². The van der Waals surface area contributed by atoms with Gasteiger partial charge in [0.2, 0.25) is 0 Å². The minimum Gasteiger partial charge on any atom is -0.468 e. The van der Waals surface area contributed by atoms with Crippen LogP contribution in [0.4, 0.5) is 0 Å². The molecule has 0 aromatic carbocycles. The Morgan fingerprint density at radius 3 is 2.78 bits per heavy atom. The lowest BCUT2D eigenvalue weighted by atomic mass is 10.4. The third-order valence-electron chi connectivity index (χ3n) is 3.31. The molecule has 0 fully saturated rings. The number of H-pyrrole nitrogens is 1. The molecule has 0 bridgehead atoms. The number of aromatic nitrogens is 4. The van der Waals surface area contributed by atoms with Crippen molar-refractivity contribution >= 4 is 28.9 Å². The Morgan fingerprint density at radius 2 is 2.17 bits per heavy atom. The van der Waals surface area contributed by atoms with Gasteiger partial charge in [-0.25, -0.2) is 9.78 Å². The minimum absolute atomic E-state index is 0.280. The quantitative estimate of drug-likeness (QED) is 0.488. The molecule has 0 aliphatic rings. The number of esters is 1. The first-order valence-corrected chi connectivity index (χ1v) is 7.83. The maximum Gasteiger partial charge on any atom is 0.329 e. The number of hydrogen-bond donors (Lipinski definition) is 1. The first kappa shape index (κ1) is 17.1. The van der Waals surface area contributed by atoms with E-state index in [-0.39, 0.29) is 11.6 Å². The van der Waals surface area contributed by atoms with E-state index in [4.69, 9.17) is 4.74 Å². The lowest BCUT2D eigenvalue weighted by molar-refractivity contribution is -0.139. The maximum atomic E-state index is 12.2. The Hall–Kier alpha value is -2.29. The second-order valence-electron chi connectivity index (χ2n) is 4.85. The topological polar surface area (TPSA) is 99.0 Å². The van der Waals surface area contributed by atoms with Gasteiger partial charge >= 0.3 is 11.7 Å². The molecule has 2 rings (SSSR count). The van der Waals surface area contributed by atoms with E-state index in [1.54, 1.807) is 11.5 Å². The van der Waals surface area contributed by atoms with Crippen LogP contribution in [0.1, 0.15) is 13.8 Å². The summed E-state index contributed by atoms with van der Waals surface area (Å²) in [6, 6.07) is 0. The largest absolute Gasteiger partial charge is 0.468 e. The molecule has 9 heteroatoms. The SMILES string of the molecule is C/C=C/Cn1c(SC(C)C(=O)OC)nc2c1c(=O)[nH]c(=O)n2C. The number of imidazole rings is 1. The molecular formula is C14H18N4O4S. The summed E-state index contributed by atoms with van der Waals surface area (Å²) >= 11 is 1.18. The first-order chi connectivity index (χ1) is 10.9. The van der Waals surface area contributed by atoms with Gasteiger partial charge in [0.25, 0.3) is 5.56 Å². The minimum atomic E-state index is -0.532. The molecule has 124 valence electrons. The number of fused-ring (bicyclic) bond motifs is 1. The number of carbonyl (C=O) groups is 1. The predicted molar refractivity (Wildman–Crippen MR) is 87.7 cm³/mol. The molecule has 1 N–H and O–H groups in total. The molecular weight excluding hydrogens is 320 g/mol. The van der Waals surface area contributed by atoms with Crippen LogP contribution in [0.5, 0.6) is 0 Å². The molecule has 23 heavy (non-hydrogen) atoms. The van der Waals surface area contributed by atoms with Gasteiger partial charge < -0.3 is 9.30 Å². The monoisotopic (exact) mass is 338 g/mol. The smallest absolute Gasteiger partial charge is 0.329 e. The highest BCUT2D eigenvalue weighted by molar-refractivity contribution is 8.00. The van der Waals surface area contributed by atoms with E-state index < -0.39 is 16.5 Å². The fourth-order valence-electron chi connectivity index (χ4n) is 2.06. The lowest BCUT2D eigenvalue weighted by Gasteiger charge is -2.09. The van der Waals surface area contributed by atoms with Crippen LogP contribution in [0.25, 0.3) is 11.2 Å². The van der Waals surface area contributed by atoms with Crippen molar-refractivity contribution in [2.24, 2.45) is 7.05 Å². The Bertz CT molecular complexity index is 877. The fourth-order valence-corrected chi connectivity index (χ4v) is 3.00. The molecule has 2 aromatic rings. The van der Waals surface area contributed by atoms with Crippen molar-refractivity contribution < 1.29 is 9.53 Å². The van der Waals surface area contributed by atoms with Gasteiger partial charge in [-0.05, 0) is 13.8 Å². The number of methoxy groups -OCH3 is 1. The van der Waals surface area contributed by atoms with E-state index in [9.17, 15) is 14.4 Å². The van der Waals surface area contributed by atoms with Crippen LogP contribution in [-0.4, -0.2) is 37.4 Å². The van der Waals surface area contributed by atoms with Gasteiger partial charge in [0.15, 0.2) is 16.3 Å². The normalized spacial score (nSPS) is 12.9. The van der Waals surface area contributed by atoms with Crippen molar-refractivity contribution in [2.75, 3.05) is 7.11 Å². The average Bonchev–Trinajstić information content (AvgIpc) is 2.88. The number of aryl methyl sites for hydroxylation is 1. The van der Waals surface area contributed by atoms with Crippen molar-refractivity contribution in [1.29, 1.82) is 0 Å². The second-order valence-corrected chi connectivity index (χ2v) is 6.16. The molecule has 0 aliphatic carbocycles. The summed E-state index contributed by atoms with van der Waals surface area (Å²) in [7, 11) is 2.85. The van der Waals surface area contributed by atoms with E-state index in [1.807, 2.05) is 19.1 Å².